The Labute approximate surface area is 136 Å². The van der Waals surface area contributed by atoms with E-state index in [1.54, 1.807) is 7.11 Å². The smallest absolute Gasteiger partial charge is 0.144 e. The fraction of sp³-hybridized carbons (Fsp3) is 0.500. The number of benzene rings is 1. The molecule has 2 aromatic rings. The van der Waals surface area contributed by atoms with E-state index < -0.39 is 0 Å². The Balaban J connectivity index is 1.68. The molecule has 2 aliphatic rings. The van der Waals surface area contributed by atoms with Crippen molar-refractivity contribution < 1.29 is 9.47 Å². The Morgan fingerprint density at radius 2 is 2.13 bits per heavy atom. The van der Waals surface area contributed by atoms with Crippen LogP contribution in [-0.2, 0) is 4.74 Å². The van der Waals surface area contributed by atoms with Gasteiger partial charge in [-0.3, -0.25) is 0 Å². The molecule has 1 aromatic carbocycles. The molecule has 2 fully saturated rings. The SMILES string of the molecule is COc1cc(-n2ccnc2C2CCOC2)ccc1N1CCCC1. The first-order valence-electron chi connectivity index (χ1n) is 8.41. The molecular formula is C18H23N3O2. The van der Waals surface area contributed by atoms with Crippen molar-refractivity contribution in [3.8, 4) is 11.4 Å². The molecule has 1 atom stereocenters. The summed E-state index contributed by atoms with van der Waals surface area (Å²) in [4.78, 5) is 6.97. The predicted octanol–water partition coefficient (Wildman–Crippen LogP) is 2.99. The van der Waals surface area contributed by atoms with Gasteiger partial charge in [0.15, 0.2) is 0 Å². The van der Waals surface area contributed by atoms with Crippen LogP contribution in [0.2, 0.25) is 0 Å². The molecule has 2 saturated heterocycles. The van der Waals surface area contributed by atoms with Crippen LogP contribution in [0.1, 0.15) is 31.0 Å². The minimum absolute atomic E-state index is 0.384. The molecule has 1 aromatic heterocycles. The zero-order valence-corrected chi connectivity index (χ0v) is 13.6. The molecule has 2 aliphatic heterocycles. The van der Waals surface area contributed by atoms with Gasteiger partial charge in [-0.2, -0.15) is 0 Å². The number of methoxy groups -OCH3 is 1. The van der Waals surface area contributed by atoms with E-state index >= 15 is 0 Å². The second kappa shape index (κ2) is 6.24. The van der Waals surface area contributed by atoms with Crippen LogP contribution < -0.4 is 9.64 Å². The summed E-state index contributed by atoms with van der Waals surface area (Å²) in [5.74, 6) is 2.40. The summed E-state index contributed by atoms with van der Waals surface area (Å²) in [5.41, 5.74) is 2.30. The van der Waals surface area contributed by atoms with Crippen molar-refractivity contribution in [1.82, 2.24) is 9.55 Å². The lowest BCUT2D eigenvalue weighted by Gasteiger charge is -2.21. The van der Waals surface area contributed by atoms with E-state index in [0.29, 0.717) is 5.92 Å². The summed E-state index contributed by atoms with van der Waals surface area (Å²) >= 11 is 0. The monoisotopic (exact) mass is 313 g/mol. The molecule has 0 bridgehead atoms. The second-order valence-electron chi connectivity index (χ2n) is 6.27. The standard InChI is InChI=1S/C18H23N3O2/c1-22-17-12-15(4-5-16(17)20-8-2-3-9-20)21-10-7-19-18(21)14-6-11-23-13-14/h4-5,7,10,12,14H,2-3,6,8-9,11,13H2,1H3. The highest BCUT2D eigenvalue weighted by atomic mass is 16.5. The number of hydrogen-bond acceptors (Lipinski definition) is 4. The molecule has 4 rings (SSSR count). The summed E-state index contributed by atoms with van der Waals surface area (Å²) in [6.07, 6.45) is 7.46. The van der Waals surface area contributed by atoms with Crippen LogP contribution in [0.5, 0.6) is 5.75 Å². The van der Waals surface area contributed by atoms with Gasteiger partial charge < -0.3 is 18.9 Å². The minimum atomic E-state index is 0.384. The van der Waals surface area contributed by atoms with E-state index in [-0.39, 0.29) is 0 Å². The zero-order valence-electron chi connectivity index (χ0n) is 13.6. The van der Waals surface area contributed by atoms with E-state index in [0.717, 1.165) is 50.0 Å². The summed E-state index contributed by atoms with van der Waals surface area (Å²) < 4.78 is 13.3. The molecular weight excluding hydrogens is 290 g/mol. The summed E-state index contributed by atoms with van der Waals surface area (Å²) in [6, 6.07) is 6.46. The molecule has 0 spiro atoms. The molecule has 1 unspecified atom stereocenters. The van der Waals surface area contributed by atoms with Crippen LogP contribution in [0, 0.1) is 0 Å². The van der Waals surface area contributed by atoms with E-state index in [4.69, 9.17) is 9.47 Å². The average Bonchev–Trinajstić information content (AvgIpc) is 3.35. The number of imidazole rings is 1. The van der Waals surface area contributed by atoms with E-state index in [2.05, 4.69) is 32.7 Å². The maximum Gasteiger partial charge on any atom is 0.144 e. The Morgan fingerprint density at radius 1 is 1.26 bits per heavy atom. The molecule has 122 valence electrons. The first-order chi connectivity index (χ1) is 11.4. The van der Waals surface area contributed by atoms with Crippen LogP contribution in [0.4, 0.5) is 5.69 Å². The van der Waals surface area contributed by atoms with Crippen molar-refractivity contribution >= 4 is 5.69 Å². The third-order valence-electron chi connectivity index (χ3n) is 4.85. The van der Waals surface area contributed by atoms with Crippen molar-refractivity contribution in [2.45, 2.75) is 25.2 Å². The van der Waals surface area contributed by atoms with Crippen molar-refractivity contribution in [3.63, 3.8) is 0 Å². The van der Waals surface area contributed by atoms with Gasteiger partial charge in [0.25, 0.3) is 0 Å². The molecule has 0 N–H and O–H groups in total. The van der Waals surface area contributed by atoms with Gasteiger partial charge in [-0.1, -0.05) is 0 Å². The molecule has 3 heterocycles. The number of hydrogen-bond donors (Lipinski definition) is 0. The second-order valence-corrected chi connectivity index (χ2v) is 6.27. The lowest BCUT2D eigenvalue weighted by Crippen LogP contribution is -2.18. The maximum atomic E-state index is 5.66. The fourth-order valence-electron chi connectivity index (χ4n) is 3.61. The highest BCUT2D eigenvalue weighted by Gasteiger charge is 2.23. The quantitative estimate of drug-likeness (QED) is 0.870. The van der Waals surface area contributed by atoms with Crippen molar-refractivity contribution in [1.29, 1.82) is 0 Å². The molecule has 5 nitrogen and oxygen atoms in total. The molecule has 0 saturated carbocycles. The highest BCUT2D eigenvalue weighted by molar-refractivity contribution is 5.63. The largest absolute Gasteiger partial charge is 0.495 e. The van der Waals surface area contributed by atoms with Crippen LogP contribution in [-0.4, -0.2) is 43.0 Å². The van der Waals surface area contributed by atoms with Crippen LogP contribution in [0.15, 0.2) is 30.6 Å². The van der Waals surface area contributed by atoms with Gasteiger partial charge in [0, 0.05) is 44.1 Å². The van der Waals surface area contributed by atoms with Gasteiger partial charge in [0.1, 0.15) is 11.6 Å². The molecule has 0 amide bonds. The Morgan fingerprint density at radius 3 is 2.87 bits per heavy atom. The summed E-state index contributed by atoms with van der Waals surface area (Å²) in [7, 11) is 1.75. The van der Waals surface area contributed by atoms with Crippen LogP contribution in [0.3, 0.4) is 0 Å². The Hall–Kier alpha value is -2.01. The lowest BCUT2D eigenvalue weighted by atomic mass is 10.1. The number of aromatic nitrogens is 2. The van der Waals surface area contributed by atoms with E-state index in [9.17, 15) is 0 Å². The van der Waals surface area contributed by atoms with Crippen molar-refractivity contribution in [2.24, 2.45) is 0 Å². The molecule has 0 radical (unpaired) electrons. The number of nitrogens with zero attached hydrogens (tertiary/aromatic N) is 3. The molecule has 5 heteroatoms. The maximum absolute atomic E-state index is 5.66. The minimum Gasteiger partial charge on any atom is -0.495 e. The van der Waals surface area contributed by atoms with Crippen LogP contribution in [0.25, 0.3) is 5.69 Å². The van der Waals surface area contributed by atoms with E-state index in [1.807, 2.05) is 12.4 Å². The summed E-state index contributed by atoms with van der Waals surface area (Å²) in [5, 5.41) is 0. The highest BCUT2D eigenvalue weighted by Crippen LogP contribution is 2.34. The van der Waals surface area contributed by atoms with Gasteiger partial charge in [0.2, 0.25) is 0 Å². The Kier molecular flexibility index (Phi) is 3.95. The molecule has 23 heavy (non-hydrogen) atoms. The van der Waals surface area contributed by atoms with Gasteiger partial charge in [-0.25, -0.2) is 4.98 Å². The van der Waals surface area contributed by atoms with Gasteiger partial charge in [0.05, 0.1) is 25.1 Å². The normalized spacial score (nSPS) is 21.1. The third kappa shape index (κ3) is 2.70. The molecule has 0 aliphatic carbocycles. The predicted molar refractivity (Wildman–Crippen MR) is 89.7 cm³/mol. The Bertz CT molecular complexity index is 671. The third-order valence-corrected chi connectivity index (χ3v) is 4.85. The van der Waals surface area contributed by atoms with Crippen molar-refractivity contribution in [2.75, 3.05) is 38.3 Å². The number of anilines is 1. The average molecular weight is 313 g/mol. The van der Waals surface area contributed by atoms with Crippen LogP contribution >= 0.6 is 0 Å². The topological polar surface area (TPSA) is 39.5 Å². The fourth-order valence-corrected chi connectivity index (χ4v) is 3.61. The van der Waals surface area contributed by atoms with Gasteiger partial charge in [-0.05, 0) is 31.4 Å². The first kappa shape index (κ1) is 14.6. The van der Waals surface area contributed by atoms with Crippen molar-refractivity contribution in [3.05, 3.63) is 36.4 Å². The van der Waals surface area contributed by atoms with Gasteiger partial charge in [-0.15, -0.1) is 0 Å². The van der Waals surface area contributed by atoms with Gasteiger partial charge >= 0.3 is 0 Å². The first-order valence-corrected chi connectivity index (χ1v) is 8.41. The zero-order chi connectivity index (χ0) is 15.6. The summed E-state index contributed by atoms with van der Waals surface area (Å²) in [6.45, 7) is 3.83. The van der Waals surface area contributed by atoms with E-state index in [1.165, 1.54) is 18.5 Å². The number of rotatable bonds is 4. The lowest BCUT2D eigenvalue weighted by molar-refractivity contribution is 0.193. The number of ether oxygens (including phenoxy) is 2.